The highest BCUT2D eigenvalue weighted by atomic mass is 32.1. The van der Waals surface area contributed by atoms with Gasteiger partial charge in [-0.25, -0.2) is 9.78 Å². The summed E-state index contributed by atoms with van der Waals surface area (Å²) >= 11 is 1.53. The van der Waals surface area contributed by atoms with Crippen molar-refractivity contribution in [1.82, 2.24) is 4.98 Å². The van der Waals surface area contributed by atoms with Crippen LogP contribution in [0.3, 0.4) is 0 Å². The quantitative estimate of drug-likeness (QED) is 0.446. The van der Waals surface area contributed by atoms with Crippen LogP contribution >= 0.6 is 11.3 Å². The van der Waals surface area contributed by atoms with Gasteiger partial charge >= 0.3 is 5.97 Å². The van der Waals surface area contributed by atoms with Crippen molar-refractivity contribution >= 4 is 27.5 Å². The molecular weight excluding hydrogens is 274 g/mol. The Kier molecular flexibility index (Phi) is 5.26. The monoisotopic (exact) mass is 291 g/mol. The first-order chi connectivity index (χ1) is 9.70. The van der Waals surface area contributed by atoms with E-state index in [1.165, 1.54) is 11.3 Å². The Balaban J connectivity index is 1.84. The number of carbonyl (C=O) groups excluding carboxylic acids is 1. The van der Waals surface area contributed by atoms with Gasteiger partial charge in [0.15, 0.2) is 6.10 Å². The molecule has 0 fully saturated rings. The first-order valence-corrected chi connectivity index (χ1v) is 7.26. The van der Waals surface area contributed by atoms with Crippen LogP contribution in [0.5, 0.6) is 0 Å². The van der Waals surface area contributed by atoms with Gasteiger partial charge in [-0.1, -0.05) is 18.2 Å². The topological polar surface area (TPSA) is 48.4 Å². The molecule has 0 amide bonds. The Morgan fingerprint density at radius 1 is 1.50 bits per heavy atom. The van der Waals surface area contributed by atoms with Crippen molar-refractivity contribution in [3.05, 3.63) is 41.9 Å². The minimum absolute atomic E-state index is 0.188. The number of benzene rings is 1. The maximum atomic E-state index is 11.7. The largest absolute Gasteiger partial charge is 0.456 e. The number of esters is 1. The molecule has 2 rings (SSSR count). The second-order valence-electron chi connectivity index (χ2n) is 4.27. The third-order valence-electron chi connectivity index (χ3n) is 2.70. The second kappa shape index (κ2) is 7.17. The van der Waals surface area contributed by atoms with E-state index < -0.39 is 6.10 Å². The normalized spacial score (nSPS) is 12.2. The summed E-state index contributed by atoms with van der Waals surface area (Å²) in [5, 5.41) is 0.790. The molecule has 0 aliphatic carbocycles. The number of hydrogen-bond donors (Lipinski definition) is 0. The molecule has 0 saturated heterocycles. The average molecular weight is 291 g/mol. The summed E-state index contributed by atoms with van der Waals surface area (Å²) in [6.45, 7) is 5.94. The molecular formula is C15H17NO3S. The van der Waals surface area contributed by atoms with Gasteiger partial charge in [-0.2, -0.15) is 0 Å². The zero-order valence-electron chi connectivity index (χ0n) is 11.4. The standard InChI is InChI=1S/C15H17NO3S/c1-3-4-9-18-11(2)15(17)19-10-14-16-12-7-5-6-8-13(12)20-14/h3,5-8,11H,1,4,9-10H2,2H3. The molecule has 0 aliphatic heterocycles. The van der Waals surface area contributed by atoms with E-state index in [0.29, 0.717) is 6.61 Å². The zero-order valence-corrected chi connectivity index (χ0v) is 12.2. The van der Waals surface area contributed by atoms with Crippen molar-refractivity contribution in [3.8, 4) is 0 Å². The fourth-order valence-corrected chi connectivity index (χ4v) is 2.51. The number of ether oxygens (including phenoxy) is 2. The van der Waals surface area contributed by atoms with Gasteiger partial charge in [-0.05, 0) is 25.5 Å². The summed E-state index contributed by atoms with van der Waals surface area (Å²) < 4.78 is 11.6. The lowest BCUT2D eigenvalue weighted by Gasteiger charge is -2.11. The first kappa shape index (κ1) is 14.7. The van der Waals surface area contributed by atoms with Gasteiger partial charge in [0.2, 0.25) is 0 Å². The molecule has 0 saturated carbocycles. The van der Waals surface area contributed by atoms with Crippen LogP contribution in [0.15, 0.2) is 36.9 Å². The number of nitrogens with zero attached hydrogens (tertiary/aromatic N) is 1. The molecule has 4 nitrogen and oxygen atoms in total. The predicted octanol–water partition coefficient (Wildman–Crippen LogP) is 3.32. The van der Waals surface area contributed by atoms with Crippen LogP contribution in [-0.4, -0.2) is 23.7 Å². The van der Waals surface area contributed by atoms with Gasteiger partial charge < -0.3 is 9.47 Å². The number of aromatic nitrogens is 1. The lowest BCUT2D eigenvalue weighted by molar-refractivity contribution is -0.157. The number of thiazole rings is 1. The Bertz CT molecular complexity index is 561. The molecule has 2 aromatic rings. The Labute approximate surface area is 122 Å². The number of rotatable bonds is 7. The molecule has 106 valence electrons. The molecule has 0 bridgehead atoms. The minimum Gasteiger partial charge on any atom is -0.456 e. The average Bonchev–Trinajstić information content (AvgIpc) is 2.87. The van der Waals surface area contributed by atoms with E-state index in [4.69, 9.17) is 9.47 Å². The summed E-state index contributed by atoms with van der Waals surface area (Å²) in [5.74, 6) is -0.367. The molecule has 1 heterocycles. The van der Waals surface area contributed by atoms with Crippen LogP contribution in [0.2, 0.25) is 0 Å². The smallest absolute Gasteiger partial charge is 0.335 e. The molecule has 1 aromatic heterocycles. The van der Waals surface area contributed by atoms with Crippen LogP contribution in [0, 0.1) is 0 Å². The molecule has 5 heteroatoms. The van der Waals surface area contributed by atoms with E-state index in [0.717, 1.165) is 21.6 Å². The van der Waals surface area contributed by atoms with Crippen molar-refractivity contribution in [2.24, 2.45) is 0 Å². The van der Waals surface area contributed by atoms with E-state index >= 15 is 0 Å². The van der Waals surface area contributed by atoms with Gasteiger partial charge in [-0.15, -0.1) is 17.9 Å². The molecule has 1 atom stereocenters. The highest BCUT2D eigenvalue weighted by Gasteiger charge is 2.15. The highest BCUT2D eigenvalue weighted by Crippen LogP contribution is 2.22. The van der Waals surface area contributed by atoms with E-state index in [1.54, 1.807) is 13.0 Å². The van der Waals surface area contributed by atoms with E-state index in [2.05, 4.69) is 11.6 Å². The van der Waals surface area contributed by atoms with Gasteiger partial charge in [0, 0.05) is 0 Å². The number of para-hydroxylation sites is 1. The first-order valence-electron chi connectivity index (χ1n) is 6.44. The Morgan fingerprint density at radius 3 is 3.05 bits per heavy atom. The maximum absolute atomic E-state index is 11.7. The summed E-state index contributed by atoms with van der Waals surface area (Å²) in [4.78, 5) is 16.1. The fourth-order valence-electron chi connectivity index (χ4n) is 1.63. The lowest BCUT2D eigenvalue weighted by Crippen LogP contribution is -2.23. The van der Waals surface area contributed by atoms with Crippen molar-refractivity contribution in [2.45, 2.75) is 26.1 Å². The van der Waals surface area contributed by atoms with Gasteiger partial charge in [0.25, 0.3) is 0 Å². The van der Waals surface area contributed by atoms with Crippen molar-refractivity contribution in [3.63, 3.8) is 0 Å². The second-order valence-corrected chi connectivity index (χ2v) is 5.39. The van der Waals surface area contributed by atoms with Gasteiger partial charge in [0.05, 0.1) is 16.8 Å². The summed E-state index contributed by atoms with van der Waals surface area (Å²) in [6, 6.07) is 7.84. The van der Waals surface area contributed by atoms with Crippen LogP contribution in [0.1, 0.15) is 18.4 Å². The minimum atomic E-state index is -0.565. The van der Waals surface area contributed by atoms with E-state index in [1.807, 2.05) is 24.3 Å². The SMILES string of the molecule is C=CCCOC(C)C(=O)OCc1nc2ccccc2s1. The van der Waals surface area contributed by atoms with Crippen LogP contribution < -0.4 is 0 Å². The highest BCUT2D eigenvalue weighted by molar-refractivity contribution is 7.18. The van der Waals surface area contributed by atoms with Crippen LogP contribution in [0.25, 0.3) is 10.2 Å². The lowest BCUT2D eigenvalue weighted by atomic mass is 10.3. The van der Waals surface area contributed by atoms with Crippen molar-refractivity contribution in [1.29, 1.82) is 0 Å². The predicted molar refractivity (Wildman–Crippen MR) is 79.6 cm³/mol. The zero-order chi connectivity index (χ0) is 14.4. The molecule has 0 radical (unpaired) electrons. The Morgan fingerprint density at radius 2 is 2.30 bits per heavy atom. The van der Waals surface area contributed by atoms with E-state index in [9.17, 15) is 4.79 Å². The van der Waals surface area contributed by atoms with E-state index in [-0.39, 0.29) is 12.6 Å². The third-order valence-corrected chi connectivity index (χ3v) is 3.71. The van der Waals surface area contributed by atoms with Crippen LogP contribution in [0.4, 0.5) is 0 Å². The molecule has 0 N–H and O–H groups in total. The molecule has 0 aliphatic rings. The summed E-state index contributed by atoms with van der Waals surface area (Å²) in [5.41, 5.74) is 0.929. The molecule has 0 spiro atoms. The molecule has 1 aromatic carbocycles. The third kappa shape index (κ3) is 3.88. The summed E-state index contributed by atoms with van der Waals surface area (Å²) in [7, 11) is 0. The van der Waals surface area contributed by atoms with Crippen molar-refractivity contribution < 1.29 is 14.3 Å². The maximum Gasteiger partial charge on any atom is 0.335 e. The van der Waals surface area contributed by atoms with Gasteiger partial charge in [0.1, 0.15) is 11.6 Å². The Hall–Kier alpha value is -1.72. The number of carbonyl (C=O) groups is 1. The number of hydrogen-bond acceptors (Lipinski definition) is 5. The van der Waals surface area contributed by atoms with Gasteiger partial charge in [-0.3, -0.25) is 0 Å². The number of fused-ring (bicyclic) bond motifs is 1. The fraction of sp³-hybridized carbons (Fsp3) is 0.333. The summed E-state index contributed by atoms with van der Waals surface area (Å²) in [6.07, 6.45) is 1.90. The molecule has 1 unspecified atom stereocenters. The van der Waals surface area contributed by atoms with Crippen LogP contribution in [-0.2, 0) is 20.9 Å². The van der Waals surface area contributed by atoms with Crippen molar-refractivity contribution in [2.75, 3.05) is 6.61 Å². The molecule has 20 heavy (non-hydrogen) atoms.